The summed E-state index contributed by atoms with van der Waals surface area (Å²) in [4.78, 5) is 17.4. The Morgan fingerprint density at radius 3 is 2.69 bits per heavy atom. The van der Waals surface area contributed by atoms with Gasteiger partial charge in [-0.15, -0.1) is 0 Å². The number of pyridine rings is 1. The first-order valence-corrected chi connectivity index (χ1v) is 11.7. The van der Waals surface area contributed by atoms with E-state index in [1.54, 1.807) is 4.68 Å². The minimum atomic E-state index is -3.39. The molecule has 1 aliphatic carbocycles. The molecule has 0 bridgehead atoms. The molecule has 0 spiro atoms. The molecule has 3 aromatic rings. The van der Waals surface area contributed by atoms with Gasteiger partial charge in [0.05, 0.1) is 10.4 Å². The summed E-state index contributed by atoms with van der Waals surface area (Å²) in [5, 5.41) is 8.19. The van der Waals surface area contributed by atoms with E-state index in [1.165, 1.54) is 37.6 Å². The summed E-state index contributed by atoms with van der Waals surface area (Å²) < 4.78 is 25.4. The molecule has 2 aromatic heterocycles. The molecular weight excluding hydrogens is 388 g/mol. The van der Waals surface area contributed by atoms with Gasteiger partial charge in [-0.25, -0.2) is 13.4 Å². The van der Waals surface area contributed by atoms with Crippen LogP contribution in [0.15, 0.2) is 47.5 Å². The van der Waals surface area contributed by atoms with Crippen LogP contribution in [-0.2, 0) is 16.4 Å². The summed E-state index contributed by atoms with van der Waals surface area (Å²) in [6.07, 6.45) is 8.51. The number of benzene rings is 1. The van der Waals surface area contributed by atoms with Crippen LogP contribution in [0.1, 0.15) is 42.6 Å². The zero-order valence-corrected chi connectivity index (χ0v) is 17.2. The first kappa shape index (κ1) is 19.6. The quantitative estimate of drug-likeness (QED) is 0.690. The molecule has 7 nitrogen and oxygen atoms in total. The van der Waals surface area contributed by atoms with E-state index in [-0.39, 0.29) is 16.6 Å². The van der Waals surface area contributed by atoms with Gasteiger partial charge in [-0.1, -0.05) is 37.5 Å². The number of rotatable bonds is 5. The standard InChI is InChI=1S/C21H24N4O3S/c1-29(27,28)16-11-12-22-19(13-16)23-21(26)20-17-9-5-6-10-18(17)24-25(20)14-15-7-3-2-4-8-15/h5-6,9-13,15H,2-4,7-8,14H2,1H3,(H,22,23,26). The third kappa shape index (κ3) is 4.32. The van der Waals surface area contributed by atoms with Gasteiger partial charge in [0.15, 0.2) is 9.84 Å². The lowest BCUT2D eigenvalue weighted by atomic mass is 9.89. The smallest absolute Gasteiger partial charge is 0.275 e. The van der Waals surface area contributed by atoms with Gasteiger partial charge in [-0.2, -0.15) is 5.10 Å². The van der Waals surface area contributed by atoms with E-state index in [1.807, 2.05) is 24.3 Å². The van der Waals surface area contributed by atoms with Crippen molar-refractivity contribution in [2.75, 3.05) is 11.6 Å². The van der Waals surface area contributed by atoms with Gasteiger partial charge in [-0.05, 0) is 37.0 Å². The first-order chi connectivity index (χ1) is 13.9. The van der Waals surface area contributed by atoms with E-state index < -0.39 is 9.84 Å². The van der Waals surface area contributed by atoms with Crippen LogP contribution in [0.4, 0.5) is 5.82 Å². The summed E-state index contributed by atoms with van der Waals surface area (Å²) in [7, 11) is -3.39. The molecule has 1 aromatic carbocycles. The highest BCUT2D eigenvalue weighted by atomic mass is 32.2. The van der Waals surface area contributed by atoms with Crippen molar-refractivity contribution in [2.45, 2.75) is 43.5 Å². The van der Waals surface area contributed by atoms with Crippen LogP contribution in [-0.4, -0.2) is 35.3 Å². The lowest BCUT2D eigenvalue weighted by molar-refractivity contribution is 0.101. The number of sulfone groups is 1. The van der Waals surface area contributed by atoms with E-state index in [9.17, 15) is 13.2 Å². The Labute approximate surface area is 170 Å². The summed E-state index contributed by atoms with van der Waals surface area (Å²) in [5.74, 6) is 0.372. The first-order valence-electron chi connectivity index (χ1n) is 9.85. The van der Waals surface area contributed by atoms with Crippen LogP contribution in [0.2, 0.25) is 0 Å². The molecule has 0 atom stereocenters. The number of fused-ring (bicyclic) bond motifs is 1. The molecule has 1 N–H and O–H groups in total. The Kier molecular flexibility index (Phi) is 5.36. The lowest BCUT2D eigenvalue weighted by Gasteiger charge is -2.22. The third-order valence-electron chi connectivity index (χ3n) is 5.42. The Morgan fingerprint density at radius 2 is 1.93 bits per heavy atom. The molecule has 152 valence electrons. The van der Waals surface area contributed by atoms with Crippen molar-refractivity contribution < 1.29 is 13.2 Å². The molecule has 29 heavy (non-hydrogen) atoms. The van der Waals surface area contributed by atoms with Crippen molar-refractivity contribution in [3.05, 3.63) is 48.3 Å². The minimum absolute atomic E-state index is 0.114. The molecule has 1 fully saturated rings. The fourth-order valence-corrected chi connectivity index (χ4v) is 4.59. The lowest BCUT2D eigenvalue weighted by Crippen LogP contribution is -2.22. The number of carbonyl (C=O) groups is 1. The predicted octanol–water partition coefficient (Wildman–Crippen LogP) is 3.67. The Morgan fingerprint density at radius 1 is 1.17 bits per heavy atom. The topological polar surface area (TPSA) is 93.9 Å². The Bertz CT molecular complexity index is 1150. The molecule has 2 heterocycles. The largest absolute Gasteiger partial charge is 0.305 e. The monoisotopic (exact) mass is 412 g/mol. The highest BCUT2D eigenvalue weighted by molar-refractivity contribution is 7.90. The maximum atomic E-state index is 13.2. The maximum Gasteiger partial charge on any atom is 0.275 e. The second-order valence-electron chi connectivity index (χ2n) is 7.65. The highest BCUT2D eigenvalue weighted by Crippen LogP contribution is 2.27. The highest BCUT2D eigenvalue weighted by Gasteiger charge is 2.22. The second kappa shape index (κ2) is 7.94. The van der Waals surface area contributed by atoms with Crippen molar-refractivity contribution in [3.8, 4) is 0 Å². The van der Waals surface area contributed by atoms with E-state index in [0.717, 1.165) is 30.0 Å². The molecule has 1 amide bonds. The second-order valence-corrected chi connectivity index (χ2v) is 9.67. The molecule has 0 radical (unpaired) electrons. The summed E-state index contributed by atoms with van der Waals surface area (Å²) >= 11 is 0. The number of aromatic nitrogens is 3. The van der Waals surface area contributed by atoms with Gasteiger partial charge < -0.3 is 5.32 Å². The zero-order valence-electron chi connectivity index (χ0n) is 16.3. The van der Waals surface area contributed by atoms with Gasteiger partial charge in [0, 0.05) is 24.4 Å². The van der Waals surface area contributed by atoms with Gasteiger partial charge in [0.1, 0.15) is 11.5 Å². The average molecular weight is 413 g/mol. The van der Waals surface area contributed by atoms with Crippen molar-refractivity contribution in [1.82, 2.24) is 14.8 Å². The van der Waals surface area contributed by atoms with Crippen molar-refractivity contribution in [3.63, 3.8) is 0 Å². The zero-order chi connectivity index (χ0) is 20.4. The minimum Gasteiger partial charge on any atom is -0.305 e. The van der Waals surface area contributed by atoms with Crippen LogP contribution >= 0.6 is 0 Å². The Hall–Kier alpha value is -2.74. The maximum absolute atomic E-state index is 13.2. The summed E-state index contributed by atoms with van der Waals surface area (Å²) in [6.45, 7) is 0.703. The van der Waals surface area contributed by atoms with Gasteiger partial charge in [-0.3, -0.25) is 9.48 Å². The normalized spacial score (nSPS) is 15.5. The van der Waals surface area contributed by atoms with Crippen molar-refractivity contribution in [2.24, 2.45) is 5.92 Å². The van der Waals surface area contributed by atoms with Crippen LogP contribution in [0.25, 0.3) is 10.9 Å². The number of amides is 1. The number of hydrogen-bond acceptors (Lipinski definition) is 5. The fraction of sp³-hybridized carbons (Fsp3) is 0.381. The number of nitrogens with one attached hydrogen (secondary N) is 1. The van der Waals surface area contributed by atoms with Crippen LogP contribution in [0.3, 0.4) is 0 Å². The van der Waals surface area contributed by atoms with Crippen LogP contribution in [0.5, 0.6) is 0 Å². The molecule has 4 rings (SSSR count). The predicted molar refractivity (Wildman–Crippen MR) is 112 cm³/mol. The number of nitrogens with zero attached hydrogens (tertiary/aromatic N) is 3. The third-order valence-corrected chi connectivity index (χ3v) is 6.53. The van der Waals surface area contributed by atoms with E-state index in [4.69, 9.17) is 0 Å². The van der Waals surface area contributed by atoms with Crippen LogP contribution in [0, 0.1) is 5.92 Å². The van der Waals surface area contributed by atoms with Gasteiger partial charge in [0.2, 0.25) is 0 Å². The summed E-state index contributed by atoms with van der Waals surface area (Å²) in [6, 6.07) is 10.3. The molecule has 8 heteroatoms. The van der Waals surface area contributed by atoms with Crippen molar-refractivity contribution in [1.29, 1.82) is 0 Å². The van der Waals surface area contributed by atoms with E-state index in [2.05, 4.69) is 15.4 Å². The van der Waals surface area contributed by atoms with Gasteiger partial charge in [0.25, 0.3) is 5.91 Å². The number of carbonyl (C=O) groups excluding carboxylic acids is 1. The summed E-state index contributed by atoms with van der Waals surface area (Å²) in [5.41, 5.74) is 1.25. The number of hydrogen-bond donors (Lipinski definition) is 1. The average Bonchev–Trinajstić information content (AvgIpc) is 3.06. The van der Waals surface area contributed by atoms with E-state index >= 15 is 0 Å². The molecular formula is C21H24N4O3S. The molecule has 0 unspecified atom stereocenters. The number of anilines is 1. The molecule has 0 saturated heterocycles. The molecule has 1 saturated carbocycles. The Balaban J connectivity index is 1.67. The van der Waals surface area contributed by atoms with Crippen molar-refractivity contribution >= 4 is 32.5 Å². The molecule has 0 aliphatic heterocycles. The van der Waals surface area contributed by atoms with E-state index in [0.29, 0.717) is 18.2 Å². The fourth-order valence-electron chi connectivity index (χ4n) is 3.95. The molecule has 1 aliphatic rings. The van der Waals surface area contributed by atoms with Gasteiger partial charge >= 0.3 is 0 Å². The van der Waals surface area contributed by atoms with Crippen LogP contribution < -0.4 is 5.32 Å². The SMILES string of the molecule is CS(=O)(=O)c1ccnc(NC(=O)c2c3ccccc3nn2CC2CCCCC2)c1.